The van der Waals surface area contributed by atoms with Gasteiger partial charge in [0, 0.05) is 0 Å². The lowest BCUT2D eigenvalue weighted by atomic mass is 9.93. The lowest BCUT2D eigenvalue weighted by Gasteiger charge is -2.23. The Balaban J connectivity index is -0.0000000825. The second kappa shape index (κ2) is 38.6. The SMILES string of the molecule is CC(S)C(=O)O.CC(S)C(=O)O.CC(S)C(=O)O.CC(S)C(=O)O.CC(S)C(=O)O.OCC(CO)(CO)CO.OCC(CO)(CO)CO. The molecular formula is C25H54O18S5. The van der Waals surface area contributed by atoms with Crippen LogP contribution >= 0.6 is 63.1 Å². The van der Waals surface area contributed by atoms with Crippen LogP contribution in [0.1, 0.15) is 34.6 Å². The van der Waals surface area contributed by atoms with Gasteiger partial charge in [-0.15, -0.1) is 0 Å². The van der Waals surface area contributed by atoms with Crippen LogP contribution in [0.2, 0.25) is 0 Å². The van der Waals surface area contributed by atoms with Gasteiger partial charge in [0.05, 0.1) is 89.9 Å². The molecule has 0 spiro atoms. The van der Waals surface area contributed by atoms with Gasteiger partial charge in [-0.2, -0.15) is 63.1 Å². The van der Waals surface area contributed by atoms with Crippen molar-refractivity contribution in [1.29, 1.82) is 0 Å². The fraction of sp³-hybridized carbons (Fsp3) is 0.800. The summed E-state index contributed by atoms with van der Waals surface area (Å²) in [5.41, 5.74) is -2.22. The smallest absolute Gasteiger partial charge is 0.316 e. The minimum absolute atomic E-state index is 0.406. The van der Waals surface area contributed by atoms with Gasteiger partial charge in [-0.1, -0.05) is 0 Å². The van der Waals surface area contributed by atoms with Crippen LogP contribution in [-0.4, -0.2) is 175 Å². The second-order valence-electron chi connectivity index (χ2n) is 9.34. The highest BCUT2D eigenvalue weighted by molar-refractivity contribution is 7.82. The molecule has 0 aromatic carbocycles. The van der Waals surface area contributed by atoms with E-state index >= 15 is 0 Å². The third kappa shape index (κ3) is 46.9. The minimum Gasteiger partial charge on any atom is -0.480 e. The average molecular weight is 803 g/mol. The molecule has 0 heterocycles. The van der Waals surface area contributed by atoms with E-state index in [9.17, 15) is 24.0 Å². The first-order valence-corrected chi connectivity index (χ1v) is 15.7. The molecule has 0 amide bonds. The van der Waals surface area contributed by atoms with Gasteiger partial charge in [-0.3, -0.25) is 24.0 Å². The molecule has 0 saturated heterocycles. The number of hydrogen-bond acceptors (Lipinski definition) is 18. The summed E-state index contributed by atoms with van der Waals surface area (Å²) >= 11 is 18.0. The molecule has 13 N–H and O–H groups in total. The first-order chi connectivity index (χ1) is 21.7. The van der Waals surface area contributed by atoms with Gasteiger partial charge in [0.2, 0.25) is 0 Å². The van der Waals surface area contributed by atoms with Gasteiger partial charge >= 0.3 is 29.8 Å². The summed E-state index contributed by atoms with van der Waals surface area (Å²) in [7, 11) is 0. The van der Waals surface area contributed by atoms with E-state index in [1.807, 2.05) is 0 Å². The minimum atomic E-state index is -1.11. The van der Waals surface area contributed by atoms with Crippen LogP contribution in [0.25, 0.3) is 0 Å². The summed E-state index contributed by atoms with van der Waals surface area (Å²) in [6, 6.07) is 0. The zero-order valence-corrected chi connectivity index (χ0v) is 31.6. The number of carboxylic acid groups (broad SMARTS) is 5. The van der Waals surface area contributed by atoms with Gasteiger partial charge < -0.3 is 66.4 Å². The van der Waals surface area contributed by atoms with E-state index < -0.39 is 120 Å². The summed E-state index contributed by atoms with van der Waals surface area (Å²) in [5.74, 6) is -4.38. The Morgan fingerprint density at radius 1 is 0.354 bits per heavy atom. The van der Waals surface area contributed by atoms with Crippen molar-refractivity contribution in [1.82, 2.24) is 0 Å². The highest BCUT2D eigenvalue weighted by Gasteiger charge is 2.27. The number of thiol groups is 5. The molecule has 23 heteroatoms. The van der Waals surface area contributed by atoms with Crippen LogP contribution in [0.4, 0.5) is 0 Å². The second-order valence-corrected chi connectivity index (χ2v) is 13.2. The number of aliphatic carboxylic acids is 5. The van der Waals surface area contributed by atoms with Crippen LogP contribution in [0.5, 0.6) is 0 Å². The van der Waals surface area contributed by atoms with Crippen molar-refractivity contribution < 1.29 is 90.4 Å². The molecule has 0 aromatic rings. The molecule has 0 aliphatic carbocycles. The average Bonchev–Trinajstić information content (AvgIpc) is 3.01. The lowest BCUT2D eigenvalue weighted by Crippen LogP contribution is -2.37. The molecule has 0 saturated carbocycles. The van der Waals surface area contributed by atoms with Crippen molar-refractivity contribution in [3.05, 3.63) is 0 Å². The number of aliphatic hydroxyl groups excluding tert-OH is 8. The third-order valence-electron chi connectivity index (χ3n) is 4.47. The van der Waals surface area contributed by atoms with Gasteiger partial charge in [0.15, 0.2) is 0 Å². The molecule has 0 bridgehead atoms. The fourth-order valence-corrected chi connectivity index (χ4v) is 0.600. The van der Waals surface area contributed by atoms with E-state index in [2.05, 4.69) is 63.1 Å². The van der Waals surface area contributed by atoms with Crippen molar-refractivity contribution in [2.24, 2.45) is 10.8 Å². The molecule has 5 unspecified atom stereocenters. The Hall–Kier alpha value is -1.22. The summed E-state index contributed by atoms with van der Waals surface area (Å²) in [6.45, 7) is 4.28. The van der Waals surface area contributed by atoms with Gasteiger partial charge in [-0.25, -0.2) is 0 Å². The first-order valence-electron chi connectivity index (χ1n) is 13.1. The molecule has 0 aliphatic heterocycles. The number of rotatable bonds is 13. The quantitative estimate of drug-likeness (QED) is 0.0881. The number of carboxylic acids is 5. The summed E-state index contributed by atoms with van der Waals surface area (Å²) < 4.78 is 0. The van der Waals surface area contributed by atoms with E-state index in [1.165, 1.54) is 34.6 Å². The molecule has 0 rings (SSSR count). The molecule has 48 heavy (non-hydrogen) atoms. The molecule has 0 fully saturated rings. The Morgan fingerprint density at radius 3 is 0.417 bits per heavy atom. The van der Waals surface area contributed by atoms with E-state index in [0.29, 0.717) is 0 Å². The maximum atomic E-state index is 9.62. The van der Waals surface area contributed by atoms with Crippen LogP contribution in [0.15, 0.2) is 0 Å². The summed E-state index contributed by atoms with van der Waals surface area (Å²) in [5, 5.41) is 105. The Bertz CT molecular complexity index is 647. The summed E-state index contributed by atoms with van der Waals surface area (Å²) in [4.78, 5) is 48.1. The van der Waals surface area contributed by atoms with Gasteiger partial charge in [-0.05, 0) is 34.6 Å². The van der Waals surface area contributed by atoms with Crippen LogP contribution < -0.4 is 0 Å². The Kier molecular flexibility index (Phi) is 49.8. The highest BCUT2D eigenvalue weighted by atomic mass is 32.1. The zero-order valence-electron chi connectivity index (χ0n) is 27.1. The maximum absolute atomic E-state index is 9.62. The molecule has 0 aliphatic rings. The van der Waals surface area contributed by atoms with E-state index in [-0.39, 0.29) is 0 Å². The lowest BCUT2D eigenvalue weighted by molar-refractivity contribution is -0.137. The Labute approximate surface area is 306 Å². The largest absolute Gasteiger partial charge is 0.480 e. The van der Waals surface area contributed by atoms with Crippen molar-refractivity contribution in [3.63, 3.8) is 0 Å². The maximum Gasteiger partial charge on any atom is 0.316 e. The predicted molar refractivity (Wildman–Crippen MR) is 192 cm³/mol. The fourth-order valence-electron chi connectivity index (χ4n) is 0.600. The van der Waals surface area contributed by atoms with Crippen LogP contribution in [-0.2, 0) is 24.0 Å². The third-order valence-corrected chi connectivity index (χ3v) is 5.57. The Morgan fingerprint density at radius 2 is 0.417 bits per heavy atom. The van der Waals surface area contributed by atoms with E-state index in [4.69, 9.17) is 66.4 Å². The molecule has 0 radical (unpaired) electrons. The summed E-state index contributed by atoms with van der Waals surface area (Å²) in [6.07, 6.45) is 0. The molecular weight excluding hydrogens is 749 g/mol. The number of carbonyl (C=O) groups is 5. The molecule has 0 aromatic heterocycles. The van der Waals surface area contributed by atoms with Crippen molar-refractivity contribution in [2.45, 2.75) is 60.9 Å². The topological polar surface area (TPSA) is 348 Å². The van der Waals surface area contributed by atoms with E-state index in [1.54, 1.807) is 0 Å². The van der Waals surface area contributed by atoms with E-state index in [0.717, 1.165) is 0 Å². The van der Waals surface area contributed by atoms with Crippen molar-refractivity contribution in [2.75, 3.05) is 52.9 Å². The first kappa shape index (κ1) is 62.0. The monoisotopic (exact) mass is 802 g/mol. The number of aliphatic hydroxyl groups is 8. The molecule has 18 nitrogen and oxygen atoms in total. The van der Waals surface area contributed by atoms with Crippen LogP contribution in [0.3, 0.4) is 0 Å². The number of hydrogen-bond donors (Lipinski definition) is 18. The zero-order chi connectivity index (χ0) is 40.4. The predicted octanol–water partition coefficient (Wildman–Crippen LogP) is -2.17. The van der Waals surface area contributed by atoms with Gasteiger partial charge in [0.1, 0.15) is 0 Å². The van der Waals surface area contributed by atoms with Crippen LogP contribution in [0, 0.1) is 10.8 Å². The molecule has 292 valence electrons. The van der Waals surface area contributed by atoms with Crippen molar-refractivity contribution in [3.8, 4) is 0 Å². The van der Waals surface area contributed by atoms with Crippen molar-refractivity contribution >= 4 is 93.0 Å². The highest BCUT2D eigenvalue weighted by Crippen LogP contribution is 2.12. The standard InChI is InChI=1S/2C5H12O4.5C3H6O2S/c2*6-1-5(2-7,3-8)4-9;5*1-2(6)3(4)5/h2*6-9H,1-4H2;5*2,6H,1H3,(H,4,5). The van der Waals surface area contributed by atoms with Gasteiger partial charge in [0.25, 0.3) is 0 Å². The molecule has 5 atom stereocenters. The normalized spacial score (nSPS) is 13.0.